The fourth-order valence-corrected chi connectivity index (χ4v) is 8.67. The Morgan fingerprint density at radius 1 is 1.00 bits per heavy atom. The molecule has 4 aliphatic carbocycles. The molecule has 160 valence electrons. The molecule has 0 heterocycles. The van der Waals surface area contributed by atoms with Gasteiger partial charge in [0.15, 0.2) is 0 Å². The van der Waals surface area contributed by atoms with Gasteiger partial charge < -0.3 is 5.11 Å². The maximum atomic E-state index is 10.2. The van der Waals surface area contributed by atoms with E-state index in [0.29, 0.717) is 10.8 Å². The average molecular weight is 389 g/mol. The fourth-order valence-electron chi connectivity index (χ4n) is 8.67. The molecule has 0 aromatic heterocycles. The summed E-state index contributed by atoms with van der Waals surface area (Å²) in [7, 11) is 0. The lowest BCUT2D eigenvalue weighted by atomic mass is 9.48. The fraction of sp³-hybridized carbons (Fsp3) is 0.926. The number of fused-ring (bicyclic) bond motifs is 5. The van der Waals surface area contributed by atoms with E-state index in [-0.39, 0.29) is 6.10 Å². The van der Waals surface area contributed by atoms with Gasteiger partial charge in [0.05, 0.1) is 6.10 Å². The standard InChI is InChI=1S/C27H46O/c1-18(2)7-6-8-19(3)23-11-12-24-22-10-9-20-17-21(28)13-15-26(20,4)25(22)14-16-27(23,24)5/h9,18-19,21-25,28H,6-8,10-17H2,1-5H3/t19-,21+,22+,23-,24+,25-,26+,27-/m1/s1/i17+1,21+1. The Balaban J connectivity index is 1.49. The second-order valence-electron chi connectivity index (χ2n) is 12.2. The first kappa shape index (κ1) is 21.0. The van der Waals surface area contributed by atoms with Gasteiger partial charge in [-0.15, -0.1) is 0 Å². The van der Waals surface area contributed by atoms with Crippen molar-refractivity contribution in [3.05, 3.63) is 11.6 Å². The summed E-state index contributed by atoms with van der Waals surface area (Å²) in [6.07, 6.45) is 17.2. The van der Waals surface area contributed by atoms with Crippen LogP contribution < -0.4 is 0 Å². The molecule has 1 heteroatoms. The van der Waals surface area contributed by atoms with Crippen molar-refractivity contribution < 1.29 is 5.11 Å². The number of aliphatic hydroxyl groups is 1. The van der Waals surface area contributed by atoms with E-state index in [1.807, 2.05) is 0 Å². The molecule has 4 rings (SSSR count). The van der Waals surface area contributed by atoms with Gasteiger partial charge in [-0.1, -0.05) is 65.5 Å². The number of aliphatic hydroxyl groups excluding tert-OH is 1. The van der Waals surface area contributed by atoms with Crippen molar-refractivity contribution in [1.29, 1.82) is 0 Å². The first-order valence-corrected chi connectivity index (χ1v) is 12.6. The van der Waals surface area contributed by atoms with Gasteiger partial charge in [0, 0.05) is 0 Å². The Hall–Kier alpha value is -0.300. The van der Waals surface area contributed by atoms with Crippen LogP contribution >= 0.6 is 0 Å². The molecule has 0 aliphatic heterocycles. The van der Waals surface area contributed by atoms with Crippen molar-refractivity contribution >= 4 is 0 Å². The monoisotopic (exact) mass is 388 g/mol. The number of hydrogen-bond acceptors (Lipinski definition) is 1. The molecule has 0 bridgehead atoms. The summed E-state index contributed by atoms with van der Waals surface area (Å²) in [6, 6.07) is 0. The third-order valence-corrected chi connectivity index (χ3v) is 10.3. The summed E-state index contributed by atoms with van der Waals surface area (Å²) < 4.78 is 0. The van der Waals surface area contributed by atoms with Crippen LogP contribution in [0.3, 0.4) is 0 Å². The second-order valence-corrected chi connectivity index (χ2v) is 12.2. The van der Waals surface area contributed by atoms with Gasteiger partial charge in [0.25, 0.3) is 0 Å². The smallest absolute Gasteiger partial charge is 0.0577 e. The van der Waals surface area contributed by atoms with Gasteiger partial charge in [0.2, 0.25) is 0 Å². The van der Waals surface area contributed by atoms with Crippen LogP contribution in [-0.4, -0.2) is 11.2 Å². The first-order chi connectivity index (χ1) is 13.3. The highest BCUT2D eigenvalue weighted by atomic mass is 16.4. The Morgan fingerprint density at radius 3 is 2.54 bits per heavy atom. The molecule has 8 atom stereocenters. The minimum atomic E-state index is -0.0766. The van der Waals surface area contributed by atoms with Gasteiger partial charge >= 0.3 is 0 Å². The zero-order valence-corrected chi connectivity index (χ0v) is 19.3. The lowest BCUT2D eigenvalue weighted by Crippen LogP contribution is -2.50. The molecule has 0 aromatic rings. The molecular weight excluding hydrogens is 342 g/mol. The molecule has 0 radical (unpaired) electrons. The second kappa shape index (κ2) is 7.75. The predicted molar refractivity (Wildman–Crippen MR) is 119 cm³/mol. The van der Waals surface area contributed by atoms with E-state index >= 15 is 0 Å². The largest absolute Gasteiger partial charge is 0.393 e. The highest BCUT2D eigenvalue weighted by molar-refractivity contribution is 5.25. The molecule has 28 heavy (non-hydrogen) atoms. The van der Waals surface area contributed by atoms with Crippen LogP contribution in [0, 0.1) is 46.3 Å². The molecule has 0 saturated heterocycles. The van der Waals surface area contributed by atoms with Crippen molar-refractivity contribution in [3.63, 3.8) is 0 Å². The maximum absolute atomic E-state index is 10.2. The Kier molecular flexibility index (Phi) is 5.80. The van der Waals surface area contributed by atoms with Gasteiger partial charge in [-0.05, 0) is 97.7 Å². The molecule has 3 saturated carbocycles. The van der Waals surface area contributed by atoms with E-state index in [1.54, 1.807) is 5.57 Å². The van der Waals surface area contributed by atoms with E-state index in [4.69, 9.17) is 0 Å². The van der Waals surface area contributed by atoms with Crippen molar-refractivity contribution in [3.8, 4) is 0 Å². The topological polar surface area (TPSA) is 20.2 Å². The molecule has 0 unspecified atom stereocenters. The lowest BCUT2D eigenvalue weighted by Gasteiger charge is -2.58. The van der Waals surface area contributed by atoms with Crippen molar-refractivity contribution in [1.82, 2.24) is 0 Å². The van der Waals surface area contributed by atoms with Crippen LogP contribution in [0.25, 0.3) is 0 Å². The van der Waals surface area contributed by atoms with Crippen LogP contribution in [0.4, 0.5) is 0 Å². The SMILES string of the molecule is CC(C)CCC[C@@H](C)[C@H]1CC[C@H]2[C@@H]3CC=C4[13CH2][13C@@H](O)CC[C@]4(C)[C@@H]3CC[C@]12C. The molecule has 0 amide bonds. The summed E-state index contributed by atoms with van der Waals surface area (Å²) in [5.41, 5.74) is 2.60. The predicted octanol–water partition coefficient (Wildman–Crippen LogP) is 7.39. The third kappa shape index (κ3) is 3.42. The summed E-state index contributed by atoms with van der Waals surface area (Å²) in [5, 5.41) is 10.2. The molecule has 1 N–H and O–H groups in total. The molecule has 1 nitrogen and oxygen atoms in total. The van der Waals surface area contributed by atoms with E-state index in [2.05, 4.69) is 40.7 Å². The number of rotatable bonds is 5. The van der Waals surface area contributed by atoms with E-state index in [0.717, 1.165) is 48.3 Å². The first-order valence-electron chi connectivity index (χ1n) is 12.6. The normalized spacial score (nSPS) is 46.5. The van der Waals surface area contributed by atoms with Gasteiger partial charge in [-0.3, -0.25) is 0 Å². The molecule has 0 spiro atoms. The quantitative estimate of drug-likeness (QED) is 0.384. The minimum absolute atomic E-state index is 0.0766. The van der Waals surface area contributed by atoms with Crippen LogP contribution in [0.1, 0.15) is 105 Å². The Bertz CT molecular complexity index is 591. The van der Waals surface area contributed by atoms with Crippen molar-refractivity contribution in [2.75, 3.05) is 0 Å². The maximum Gasteiger partial charge on any atom is 0.0577 e. The van der Waals surface area contributed by atoms with Crippen LogP contribution in [0.2, 0.25) is 0 Å². The van der Waals surface area contributed by atoms with Crippen molar-refractivity contribution in [2.45, 2.75) is 111 Å². The molecule has 3 fully saturated rings. The summed E-state index contributed by atoms with van der Waals surface area (Å²) in [6.45, 7) is 12.6. The van der Waals surface area contributed by atoms with Gasteiger partial charge in [-0.25, -0.2) is 0 Å². The molecular formula is C27H46O. The summed E-state index contributed by atoms with van der Waals surface area (Å²) in [4.78, 5) is 0. The molecule has 4 aliphatic rings. The van der Waals surface area contributed by atoms with Crippen LogP contribution in [0.15, 0.2) is 11.6 Å². The zero-order valence-electron chi connectivity index (χ0n) is 19.3. The highest BCUT2D eigenvalue weighted by Crippen LogP contribution is 2.67. The van der Waals surface area contributed by atoms with Crippen molar-refractivity contribution in [2.24, 2.45) is 46.3 Å². The van der Waals surface area contributed by atoms with Gasteiger partial charge in [0.1, 0.15) is 0 Å². The third-order valence-electron chi connectivity index (χ3n) is 10.3. The Morgan fingerprint density at radius 2 is 1.79 bits per heavy atom. The average Bonchev–Trinajstić information content (AvgIpc) is 2.99. The summed E-state index contributed by atoms with van der Waals surface area (Å²) in [5.74, 6) is 5.46. The summed E-state index contributed by atoms with van der Waals surface area (Å²) >= 11 is 0. The number of allylic oxidation sites excluding steroid dienone is 1. The minimum Gasteiger partial charge on any atom is -0.393 e. The Labute approximate surface area is 174 Å². The lowest BCUT2D eigenvalue weighted by molar-refractivity contribution is -0.0573. The van der Waals surface area contributed by atoms with E-state index in [9.17, 15) is 5.11 Å². The molecule has 0 aromatic carbocycles. The van der Waals surface area contributed by atoms with E-state index in [1.165, 1.54) is 57.8 Å². The number of hydrogen-bond donors (Lipinski definition) is 1. The zero-order chi connectivity index (χ0) is 20.1. The van der Waals surface area contributed by atoms with Crippen LogP contribution in [-0.2, 0) is 0 Å². The van der Waals surface area contributed by atoms with Crippen LogP contribution in [0.5, 0.6) is 0 Å². The van der Waals surface area contributed by atoms with E-state index < -0.39 is 0 Å². The highest BCUT2D eigenvalue weighted by Gasteiger charge is 2.59. The van der Waals surface area contributed by atoms with Gasteiger partial charge in [-0.2, -0.15) is 0 Å².